The Kier molecular flexibility index (Phi) is 5.20. The van der Waals surface area contributed by atoms with E-state index in [4.69, 9.17) is 4.74 Å². The minimum absolute atomic E-state index is 0.0703. The number of carbonyl (C=O) groups excluding carboxylic acids is 2. The molecular weight excluding hydrogens is 424 g/mol. The maximum Gasteiger partial charge on any atom is 0.253 e. The van der Waals surface area contributed by atoms with Crippen molar-refractivity contribution in [2.24, 2.45) is 17.3 Å². The average molecular weight is 459 g/mol. The van der Waals surface area contributed by atoms with E-state index in [2.05, 4.69) is 29.2 Å². The van der Waals surface area contributed by atoms with Gasteiger partial charge in [0.15, 0.2) is 0 Å². The molecule has 2 amide bonds. The van der Waals surface area contributed by atoms with Gasteiger partial charge in [0.05, 0.1) is 12.5 Å². The van der Waals surface area contributed by atoms with Crippen molar-refractivity contribution in [3.63, 3.8) is 0 Å². The Morgan fingerprint density at radius 2 is 1.44 bits per heavy atom. The van der Waals surface area contributed by atoms with Gasteiger partial charge in [-0.2, -0.15) is 0 Å². The molecule has 1 saturated heterocycles. The topological polar surface area (TPSA) is 49.9 Å². The van der Waals surface area contributed by atoms with Crippen LogP contribution in [0.25, 0.3) is 0 Å². The molecule has 5 heteroatoms. The second-order valence-electron chi connectivity index (χ2n) is 11.2. The van der Waals surface area contributed by atoms with E-state index in [-0.39, 0.29) is 16.7 Å². The normalized spacial score (nSPS) is 32.0. The average Bonchev–Trinajstić information content (AvgIpc) is 2.88. The molecule has 0 N–H and O–H groups in total. The van der Waals surface area contributed by atoms with Crippen LogP contribution in [0.1, 0.15) is 54.4 Å². The zero-order valence-electron chi connectivity index (χ0n) is 20.0. The van der Waals surface area contributed by atoms with E-state index in [1.807, 2.05) is 35.2 Å². The lowest BCUT2D eigenvalue weighted by Crippen LogP contribution is -2.61. The summed E-state index contributed by atoms with van der Waals surface area (Å²) in [5.74, 6) is 2.61. The molecular formula is C29H34N2O3. The smallest absolute Gasteiger partial charge is 0.253 e. The summed E-state index contributed by atoms with van der Waals surface area (Å²) in [7, 11) is 1.71. The third-order valence-corrected chi connectivity index (χ3v) is 9.09. The van der Waals surface area contributed by atoms with Crippen molar-refractivity contribution < 1.29 is 14.3 Å². The predicted octanol–water partition coefficient (Wildman–Crippen LogP) is 4.52. The fraction of sp³-hybridized carbons (Fsp3) is 0.517. The largest absolute Gasteiger partial charge is 0.497 e. The zero-order chi connectivity index (χ0) is 23.3. The number of hydrogen-bond donors (Lipinski definition) is 0. The monoisotopic (exact) mass is 458 g/mol. The molecule has 4 bridgehead atoms. The summed E-state index contributed by atoms with van der Waals surface area (Å²) >= 11 is 0. The van der Waals surface area contributed by atoms with Crippen LogP contribution in [0.5, 0.6) is 5.75 Å². The summed E-state index contributed by atoms with van der Waals surface area (Å²) < 4.78 is 5.39. The van der Waals surface area contributed by atoms with Gasteiger partial charge in [0.25, 0.3) is 5.91 Å². The Bertz CT molecular complexity index is 1060. The molecule has 2 aromatic rings. The van der Waals surface area contributed by atoms with Crippen molar-refractivity contribution >= 4 is 11.8 Å². The number of ether oxygens (including phenoxy) is 1. The highest BCUT2D eigenvalue weighted by Crippen LogP contribution is 2.66. The summed E-state index contributed by atoms with van der Waals surface area (Å²) in [5.41, 5.74) is 2.01. The SMILES string of the molecule is COc1ccc(C23CC4CC(CC(C(=O)N5CCN(C(=O)c6ccccc6)CC5)(C4)C2)C3)cc1. The molecule has 2 aromatic carbocycles. The van der Waals surface area contributed by atoms with Gasteiger partial charge < -0.3 is 14.5 Å². The predicted molar refractivity (Wildman–Crippen MR) is 131 cm³/mol. The van der Waals surface area contributed by atoms with Gasteiger partial charge in [-0.05, 0) is 85.6 Å². The number of methoxy groups -OCH3 is 1. The zero-order valence-corrected chi connectivity index (χ0v) is 20.0. The van der Waals surface area contributed by atoms with Crippen LogP contribution in [0.4, 0.5) is 0 Å². The van der Waals surface area contributed by atoms with Gasteiger partial charge in [-0.25, -0.2) is 0 Å². The van der Waals surface area contributed by atoms with Crippen LogP contribution in [-0.4, -0.2) is 54.9 Å². The number of hydrogen-bond acceptors (Lipinski definition) is 3. The Morgan fingerprint density at radius 3 is 2.06 bits per heavy atom. The Balaban J connectivity index is 1.19. The first-order valence-corrected chi connectivity index (χ1v) is 12.8. The van der Waals surface area contributed by atoms with Gasteiger partial charge in [0.2, 0.25) is 5.91 Å². The van der Waals surface area contributed by atoms with Crippen molar-refractivity contribution in [1.29, 1.82) is 0 Å². The lowest BCUT2D eigenvalue weighted by molar-refractivity contribution is -0.161. The van der Waals surface area contributed by atoms with Gasteiger partial charge >= 0.3 is 0 Å². The van der Waals surface area contributed by atoms with Crippen LogP contribution in [0.3, 0.4) is 0 Å². The van der Waals surface area contributed by atoms with Crippen LogP contribution in [0, 0.1) is 17.3 Å². The summed E-state index contributed by atoms with van der Waals surface area (Å²) in [6.07, 6.45) is 6.77. The van der Waals surface area contributed by atoms with Gasteiger partial charge in [0, 0.05) is 31.7 Å². The van der Waals surface area contributed by atoms with Gasteiger partial charge in [0.1, 0.15) is 5.75 Å². The fourth-order valence-electron chi connectivity index (χ4n) is 8.01. The second kappa shape index (κ2) is 8.14. The Hall–Kier alpha value is -2.82. The molecule has 34 heavy (non-hydrogen) atoms. The third kappa shape index (κ3) is 3.52. The van der Waals surface area contributed by atoms with E-state index in [0.717, 1.165) is 30.6 Å². The Morgan fingerprint density at radius 1 is 0.824 bits per heavy atom. The molecule has 0 radical (unpaired) electrons. The lowest BCUT2D eigenvalue weighted by atomic mass is 9.42. The number of amides is 2. The minimum atomic E-state index is -0.227. The number of carbonyl (C=O) groups is 2. The first-order valence-electron chi connectivity index (χ1n) is 12.8. The number of nitrogens with zero attached hydrogens (tertiary/aromatic N) is 2. The molecule has 0 aromatic heterocycles. The van der Waals surface area contributed by atoms with Crippen LogP contribution in [0.2, 0.25) is 0 Å². The van der Waals surface area contributed by atoms with Crippen LogP contribution < -0.4 is 4.74 Å². The fourth-order valence-corrected chi connectivity index (χ4v) is 8.01. The Labute approximate surface area is 202 Å². The standard InChI is InChI=1S/C29H34N2O3/c1-34-25-9-7-24(8-10-25)28-16-21-15-22(17-28)19-29(18-21,20-28)27(33)31-13-11-30(12-14-31)26(32)23-5-3-2-4-6-23/h2-10,21-22H,11-20H2,1H3. The van der Waals surface area contributed by atoms with Crippen molar-refractivity contribution in [2.45, 2.75) is 43.9 Å². The van der Waals surface area contributed by atoms with Crippen molar-refractivity contribution in [2.75, 3.05) is 33.3 Å². The molecule has 5 nitrogen and oxygen atoms in total. The molecule has 5 aliphatic rings. The number of rotatable bonds is 4. The van der Waals surface area contributed by atoms with Crippen LogP contribution in [0.15, 0.2) is 54.6 Å². The molecule has 1 heterocycles. The summed E-state index contributed by atoms with van der Waals surface area (Å²) in [5, 5.41) is 0. The highest BCUT2D eigenvalue weighted by Gasteiger charge is 2.61. The van der Waals surface area contributed by atoms with Crippen molar-refractivity contribution in [1.82, 2.24) is 9.80 Å². The van der Waals surface area contributed by atoms with E-state index in [0.29, 0.717) is 43.9 Å². The second-order valence-corrected chi connectivity index (χ2v) is 11.2. The molecule has 0 spiro atoms. The van der Waals surface area contributed by atoms with Crippen molar-refractivity contribution in [3.05, 3.63) is 65.7 Å². The third-order valence-electron chi connectivity index (χ3n) is 9.09. The van der Waals surface area contributed by atoms with Gasteiger partial charge in [-0.1, -0.05) is 30.3 Å². The summed E-state index contributed by atoms with van der Waals surface area (Å²) in [6.45, 7) is 2.52. The van der Waals surface area contributed by atoms with E-state index < -0.39 is 0 Å². The van der Waals surface area contributed by atoms with Crippen LogP contribution >= 0.6 is 0 Å². The maximum absolute atomic E-state index is 14.1. The highest BCUT2D eigenvalue weighted by molar-refractivity contribution is 5.94. The molecule has 5 fully saturated rings. The first kappa shape index (κ1) is 21.7. The summed E-state index contributed by atoms with van der Waals surface area (Å²) in [6, 6.07) is 18.1. The van der Waals surface area contributed by atoms with E-state index in [1.165, 1.54) is 24.8 Å². The number of benzene rings is 2. The number of piperazine rings is 1. The van der Waals surface area contributed by atoms with Crippen LogP contribution in [-0.2, 0) is 10.2 Å². The van der Waals surface area contributed by atoms with E-state index in [9.17, 15) is 9.59 Å². The first-order chi connectivity index (χ1) is 16.5. The quantitative estimate of drug-likeness (QED) is 0.677. The molecule has 1 aliphatic heterocycles. The van der Waals surface area contributed by atoms with Gasteiger partial charge in [-0.15, -0.1) is 0 Å². The molecule has 2 unspecified atom stereocenters. The molecule has 178 valence electrons. The lowest BCUT2D eigenvalue weighted by Gasteiger charge is -2.62. The summed E-state index contributed by atoms with van der Waals surface area (Å²) in [4.78, 5) is 30.9. The highest BCUT2D eigenvalue weighted by atomic mass is 16.5. The van der Waals surface area contributed by atoms with E-state index in [1.54, 1.807) is 7.11 Å². The molecule has 4 saturated carbocycles. The molecule has 7 rings (SSSR count). The molecule has 4 aliphatic carbocycles. The van der Waals surface area contributed by atoms with Crippen molar-refractivity contribution in [3.8, 4) is 5.75 Å². The minimum Gasteiger partial charge on any atom is -0.497 e. The van der Waals surface area contributed by atoms with Gasteiger partial charge in [-0.3, -0.25) is 9.59 Å². The van der Waals surface area contributed by atoms with E-state index >= 15 is 0 Å². The molecule has 2 atom stereocenters. The maximum atomic E-state index is 14.1.